The molecule has 0 saturated carbocycles. The standard InChI is InChI=1S/C17H17Cl2NO2S/c18-12-7-13(19)9-15(8-12)22-11-14-10-17(21)20(14)5-1-3-16-4-2-6-23-16/h2,4,6-9,14H,1,3,5,10-11H2/t14-/m1/s1. The number of carbonyl (C=O) groups is 1. The SMILES string of the molecule is O=C1C[C@H](COc2cc(Cl)cc(Cl)c2)N1CCCc1cccs1. The fraction of sp³-hybridized carbons (Fsp3) is 0.353. The summed E-state index contributed by atoms with van der Waals surface area (Å²) in [4.78, 5) is 15.0. The molecule has 3 rings (SSSR count). The largest absolute Gasteiger partial charge is 0.491 e. The van der Waals surface area contributed by atoms with Crippen LogP contribution in [-0.4, -0.2) is 30.0 Å². The number of hydrogen-bond acceptors (Lipinski definition) is 3. The maximum Gasteiger partial charge on any atom is 0.225 e. The number of ether oxygens (including phenoxy) is 1. The van der Waals surface area contributed by atoms with Crippen LogP contribution in [-0.2, 0) is 11.2 Å². The molecule has 122 valence electrons. The van der Waals surface area contributed by atoms with Crippen LogP contribution in [0.15, 0.2) is 35.7 Å². The summed E-state index contributed by atoms with van der Waals surface area (Å²) < 4.78 is 5.74. The number of hydrogen-bond donors (Lipinski definition) is 0. The highest BCUT2D eigenvalue weighted by Gasteiger charge is 2.35. The van der Waals surface area contributed by atoms with E-state index in [0.29, 0.717) is 28.8 Å². The molecule has 1 aromatic carbocycles. The number of carbonyl (C=O) groups excluding carboxylic acids is 1. The molecule has 0 bridgehead atoms. The summed E-state index contributed by atoms with van der Waals surface area (Å²) in [5, 5.41) is 3.17. The number of benzene rings is 1. The van der Waals surface area contributed by atoms with Gasteiger partial charge in [0.15, 0.2) is 0 Å². The van der Waals surface area contributed by atoms with Crippen molar-refractivity contribution in [3.8, 4) is 5.75 Å². The first-order valence-corrected chi connectivity index (χ1v) is 9.16. The van der Waals surface area contributed by atoms with E-state index in [1.165, 1.54) is 4.88 Å². The average molecular weight is 370 g/mol. The molecule has 1 aliphatic heterocycles. The van der Waals surface area contributed by atoms with Crippen LogP contribution in [0.3, 0.4) is 0 Å². The van der Waals surface area contributed by atoms with Crippen molar-refractivity contribution in [1.82, 2.24) is 4.90 Å². The number of amides is 1. The molecule has 6 heteroatoms. The fourth-order valence-corrected chi connectivity index (χ4v) is 3.92. The number of halogens is 2. The molecule has 0 unspecified atom stereocenters. The van der Waals surface area contributed by atoms with E-state index in [2.05, 4.69) is 17.5 Å². The smallest absolute Gasteiger partial charge is 0.225 e. The molecule has 2 heterocycles. The Morgan fingerprint density at radius 2 is 2.04 bits per heavy atom. The summed E-state index contributed by atoms with van der Waals surface area (Å²) in [6, 6.07) is 9.46. The highest BCUT2D eigenvalue weighted by atomic mass is 35.5. The topological polar surface area (TPSA) is 29.5 Å². The molecule has 1 saturated heterocycles. The summed E-state index contributed by atoms with van der Waals surface area (Å²) in [7, 11) is 0. The summed E-state index contributed by atoms with van der Waals surface area (Å²) >= 11 is 13.7. The quantitative estimate of drug-likeness (QED) is 0.663. The van der Waals surface area contributed by atoms with Crippen molar-refractivity contribution in [3.63, 3.8) is 0 Å². The molecule has 23 heavy (non-hydrogen) atoms. The molecule has 1 amide bonds. The van der Waals surface area contributed by atoms with E-state index in [1.54, 1.807) is 29.5 Å². The zero-order chi connectivity index (χ0) is 16.2. The third-order valence-corrected chi connectivity index (χ3v) is 5.22. The van der Waals surface area contributed by atoms with Crippen LogP contribution >= 0.6 is 34.5 Å². The normalized spacial score (nSPS) is 17.2. The molecule has 0 aliphatic carbocycles. The lowest BCUT2D eigenvalue weighted by molar-refractivity contribution is -0.147. The number of β-lactam (4-membered cyclic amide) rings is 1. The number of likely N-dealkylation sites (tertiary alicyclic amines) is 1. The van der Waals surface area contributed by atoms with Crippen molar-refractivity contribution in [3.05, 3.63) is 50.6 Å². The third kappa shape index (κ3) is 4.40. The van der Waals surface area contributed by atoms with Gasteiger partial charge in [0.25, 0.3) is 0 Å². The van der Waals surface area contributed by atoms with E-state index in [9.17, 15) is 4.79 Å². The van der Waals surface area contributed by atoms with Crippen LogP contribution in [0.4, 0.5) is 0 Å². The predicted octanol–water partition coefficient (Wildman–Crippen LogP) is 4.67. The van der Waals surface area contributed by atoms with Crippen molar-refractivity contribution in [2.24, 2.45) is 0 Å². The summed E-state index contributed by atoms with van der Waals surface area (Å²) in [5.74, 6) is 0.842. The van der Waals surface area contributed by atoms with Gasteiger partial charge in [0.05, 0.1) is 12.5 Å². The zero-order valence-corrected chi connectivity index (χ0v) is 14.8. The maximum absolute atomic E-state index is 11.8. The second-order valence-corrected chi connectivity index (χ2v) is 7.45. The Morgan fingerprint density at radius 3 is 2.70 bits per heavy atom. The highest BCUT2D eigenvalue weighted by Crippen LogP contribution is 2.26. The molecule has 0 radical (unpaired) electrons. The first-order chi connectivity index (χ1) is 11.1. The Hall–Kier alpha value is -1.23. The molecular weight excluding hydrogens is 353 g/mol. The van der Waals surface area contributed by atoms with Gasteiger partial charge in [-0.15, -0.1) is 11.3 Å². The van der Waals surface area contributed by atoms with Crippen molar-refractivity contribution in [2.45, 2.75) is 25.3 Å². The number of aryl methyl sites for hydroxylation is 1. The monoisotopic (exact) mass is 369 g/mol. The molecule has 0 spiro atoms. The van der Waals surface area contributed by atoms with Crippen LogP contribution in [0.25, 0.3) is 0 Å². The van der Waals surface area contributed by atoms with Gasteiger partial charge < -0.3 is 9.64 Å². The van der Waals surface area contributed by atoms with Gasteiger partial charge >= 0.3 is 0 Å². The predicted molar refractivity (Wildman–Crippen MR) is 94.7 cm³/mol. The Kier molecular flexibility index (Phi) is 5.46. The van der Waals surface area contributed by atoms with E-state index in [-0.39, 0.29) is 11.9 Å². The van der Waals surface area contributed by atoms with Gasteiger partial charge in [-0.05, 0) is 42.5 Å². The van der Waals surface area contributed by atoms with Crippen molar-refractivity contribution in [2.75, 3.05) is 13.2 Å². The van der Waals surface area contributed by atoms with Gasteiger partial charge in [0.1, 0.15) is 12.4 Å². The van der Waals surface area contributed by atoms with Gasteiger partial charge in [-0.1, -0.05) is 29.3 Å². The summed E-state index contributed by atoms with van der Waals surface area (Å²) in [5.41, 5.74) is 0. The minimum Gasteiger partial charge on any atom is -0.491 e. The third-order valence-electron chi connectivity index (χ3n) is 3.85. The second kappa shape index (κ2) is 7.56. The Labute approximate surface area is 149 Å². The van der Waals surface area contributed by atoms with Crippen molar-refractivity contribution >= 4 is 40.4 Å². The molecule has 1 fully saturated rings. The van der Waals surface area contributed by atoms with Crippen molar-refractivity contribution < 1.29 is 9.53 Å². The lowest BCUT2D eigenvalue weighted by Gasteiger charge is -2.40. The van der Waals surface area contributed by atoms with Gasteiger partial charge in [-0.25, -0.2) is 0 Å². The molecule has 1 aliphatic rings. The molecular formula is C17H17Cl2NO2S. The first kappa shape index (κ1) is 16.6. The average Bonchev–Trinajstić information content (AvgIpc) is 3.00. The second-order valence-electron chi connectivity index (χ2n) is 5.54. The molecule has 0 N–H and O–H groups in total. The molecule has 1 atom stereocenters. The Bertz CT molecular complexity index is 655. The van der Waals surface area contributed by atoms with Gasteiger partial charge in [-0.3, -0.25) is 4.79 Å². The van der Waals surface area contributed by atoms with Crippen LogP contribution in [0, 0.1) is 0 Å². The Balaban J connectivity index is 1.47. The van der Waals surface area contributed by atoms with E-state index >= 15 is 0 Å². The van der Waals surface area contributed by atoms with E-state index in [4.69, 9.17) is 27.9 Å². The van der Waals surface area contributed by atoms with Gasteiger partial charge in [-0.2, -0.15) is 0 Å². The minimum absolute atomic E-state index is 0.142. The number of thiophene rings is 1. The lowest BCUT2D eigenvalue weighted by atomic mass is 10.0. The lowest BCUT2D eigenvalue weighted by Crippen LogP contribution is -2.55. The van der Waals surface area contributed by atoms with Crippen LogP contribution in [0.1, 0.15) is 17.7 Å². The minimum atomic E-state index is 0.142. The van der Waals surface area contributed by atoms with Crippen LogP contribution < -0.4 is 4.74 Å². The maximum atomic E-state index is 11.8. The van der Waals surface area contributed by atoms with E-state index in [0.717, 1.165) is 19.4 Å². The van der Waals surface area contributed by atoms with E-state index in [1.807, 2.05) is 4.90 Å². The number of rotatable bonds is 7. The summed E-state index contributed by atoms with van der Waals surface area (Å²) in [6.45, 7) is 1.25. The fourth-order valence-electron chi connectivity index (χ4n) is 2.66. The van der Waals surface area contributed by atoms with Crippen LogP contribution in [0.5, 0.6) is 5.75 Å². The molecule has 1 aromatic heterocycles. The zero-order valence-electron chi connectivity index (χ0n) is 12.5. The van der Waals surface area contributed by atoms with E-state index < -0.39 is 0 Å². The highest BCUT2D eigenvalue weighted by molar-refractivity contribution is 7.09. The van der Waals surface area contributed by atoms with Gasteiger partial charge in [0, 0.05) is 21.5 Å². The van der Waals surface area contributed by atoms with Crippen LogP contribution in [0.2, 0.25) is 10.0 Å². The van der Waals surface area contributed by atoms with Gasteiger partial charge in [0.2, 0.25) is 5.91 Å². The van der Waals surface area contributed by atoms with Crippen molar-refractivity contribution in [1.29, 1.82) is 0 Å². The number of nitrogens with zero attached hydrogens (tertiary/aromatic N) is 1. The first-order valence-electron chi connectivity index (χ1n) is 7.52. The summed E-state index contributed by atoms with van der Waals surface area (Å²) in [6.07, 6.45) is 2.54. The molecule has 3 nitrogen and oxygen atoms in total. The molecule has 2 aromatic rings. The Morgan fingerprint density at radius 1 is 1.26 bits per heavy atom.